The van der Waals surface area contributed by atoms with Crippen molar-refractivity contribution >= 4 is 40.8 Å². The van der Waals surface area contributed by atoms with E-state index in [2.05, 4.69) is 22.4 Å². The van der Waals surface area contributed by atoms with Crippen molar-refractivity contribution in [2.24, 2.45) is 0 Å². The first-order valence-electron chi connectivity index (χ1n) is 7.66. The van der Waals surface area contributed by atoms with Crippen LogP contribution in [0.3, 0.4) is 0 Å². The van der Waals surface area contributed by atoms with Gasteiger partial charge in [0, 0.05) is 6.54 Å². The summed E-state index contributed by atoms with van der Waals surface area (Å²) < 4.78 is 6.92. The zero-order chi connectivity index (χ0) is 17.4. The number of hydrogen-bond acceptors (Lipinski definition) is 7. The van der Waals surface area contributed by atoms with Crippen molar-refractivity contribution in [2.45, 2.75) is 34.2 Å². The Morgan fingerprint density at radius 3 is 2.67 bits per heavy atom. The summed E-state index contributed by atoms with van der Waals surface area (Å²) in [6.07, 6.45) is 0.795. The maximum Gasteiger partial charge on any atom is 0.233 e. The Bertz CT molecular complexity index is 646. The number of ether oxygens (including phenoxy) is 1. The van der Waals surface area contributed by atoms with Crippen LogP contribution in [0.1, 0.15) is 19.4 Å². The second-order valence-corrected chi connectivity index (χ2v) is 8.99. The normalized spacial score (nSPS) is 12.0. The van der Waals surface area contributed by atoms with Gasteiger partial charge in [-0.05, 0) is 36.8 Å². The molecule has 1 amide bonds. The molecule has 0 fully saturated rings. The second-order valence-electron chi connectivity index (χ2n) is 4.92. The van der Waals surface area contributed by atoms with Gasteiger partial charge in [0.05, 0.1) is 12.4 Å². The van der Waals surface area contributed by atoms with Crippen molar-refractivity contribution in [3.8, 4) is 5.75 Å². The average Bonchev–Trinajstić information content (AvgIpc) is 3.02. The monoisotopic (exact) mass is 383 g/mol. The van der Waals surface area contributed by atoms with Gasteiger partial charge in [-0.3, -0.25) is 4.79 Å². The number of hydrogen-bond donors (Lipinski definition) is 1. The van der Waals surface area contributed by atoms with E-state index in [4.69, 9.17) is 4.74 Å². The molecule has 1 atom stereocenters. The van der Waals surface area contributed by atoms with E-state index < -0.39 is 0 Å². The molecule has 24 heavy (non-hydrogen) atoms. The maximum absolute atomic E-state index is 12.2. The number of carbonyl (C=O) groups excluding carboxylic acids is 1. The maximum atomic E-state index is 12.2. The molecule has 0 aliphatic rings. The number of rotatable bonds is 9. The van der Waals surface area contributed by atoms with E-state index in [1.54, 1.807) is 18.9 Å². The molecule has 1 heterocycles. The van der Waals surface area contributed by atoms with Crippen molar-refractivity contribution in [2.75, 3.05) is 19.4 Å². The largest absolute Gasteiger partial charge is 0.497 e. The van der Waals surface area contributed by atoms with Crippen molar-refractivity contribution in [3.63, 3.8) is 0 Å². The Hall–Kier alpha value is -1.25. The molecular weight excluding hydrogens is 362 g/mol. The number of nitrogens with zero attached hydrogens (tertiary/aromatic N) is 2. The molecule has 0 unspecified atom stereocenters. The van der Waals surface area contributed by atoms with Gasteiger partial charge in [0.1, 0.15) is 5.75 Å². The standard InChI is InChI=1S/C16H21N3O2S3/c1-4-22-15-18-19-16(24-15)23-11(2)14(20)17-10-9-12-5-7-13(21-3)8-6-12/h5-8,11H,4,9-10H2,1-3H3,(H,17,20)/t11-/m0/s1. The fourth-order valence-electron chi connectivity index (χ4n) is 1.90. The highest BCUT2D eigenvalue weighted by Crippen LogP contribution is 2.30. The van der Waals surface area contributed by atoms with Crippen LogP contribution in [0.4, 0.5) is 0 Å². The summed E-state index contributed by atoms with van der Waals surface area (Å²) in [5.41, 5.74) is 1.17. The van der Waals surface area contributed by atoms with Crippen molar-refractivity contribution in [3.05, 3.63) is 29.8 Å². The van der Waals surface area contributed by atoms with E-state index >= 15 is 0 Å². The number of amides is 1. The van der Waals surface area contributed by atoms with Gasteiger partial charge in [-0.25, -0.2) is 0 Å². The minimum atomic E-state index is -0.187. The molecular formula is C16H21N3O2S3. The lowest BCUT2D eigenvalue weighted by atomic mass is 10.1. The molecule has 8 heteroatoms. The smallest absolute Gasteiger partial charge is 0.233 e. The highest BCUT2D eigenvalue weighted by atomic mass is 32.2. The Kier molecular flexibility index (Phi) is 7.87. The van der Waals surface area contributed by atoms with Gasteiger partial charge in [-0.2, -0.15) is 0 Å². The summed E-state index contributed by atoms with van der Waals surface area (Å²) in [5.74, 6) is 1.83. The van der Waals surface area contributed by atoms with Crippen LogP contribution >= 0.6 is 34.9 Å². The first kappa shape index (κ1) is 19.1. The fraction of sp³-hybridized carbons (Fsp3) is 0.438. The molecule has 5 nitrogen and oxygen atoms in total. The molecule has 0 bridgehead atoms. The van der Waals surface area contributed by atoms with Crippen LogP contribution in [0.25, 0.3) is 0 Å². The molecule has 0 radical (unpaired) electrons. The average molecular weight is 384 g/mol. The summed E-state index contributed by atoms with van der Waals surface area (Å²) >= 11 is 4.66. The highest BCUT2D eigenvalue weighted by molar-refractivity contribution is 8.03. The number of thioether (sulfide) groups is 2. The number of aromatic nitrogens is 2. The lowest BCUT2D eigenvalue weighted by molar-refractivity contribution is -0.120. The van der Waals surface area contributed by atoms with Crippen molar-refractivity contribution in [1.82, 2.24) is 15.5 Å². The number of benzene rings is 1. The van der Waals surface area contributed by atoms with Crippen LogP contribution in [-0.2, 0) is 11.2 Å². The predicted molar refractivity (Wildman–Crippen MR) is 101 cm³/mol. The third-order valence-electron chi connectivity index (χ3n) is 3.17. The summed E-state index contributed by atoms with van der Waals surface area (Å²) in [6, 6.07) is 7.88. The molecule has 0 aliphatic carbocycles. The third kappa shape index (κ3) is 5.99. The Morgan fingerprint density at radius 1 is 1.29 bits per heavy atom. The van der Waals surface area contributed by atoms with E-state index in [9.17, 15) is 4.79 Å². The molecule has 2 aromatic rings. The van der Waals surface area contributed by atoms with E-state index in [-0.39, 0.29) is 11.2 Å². The van der Waals surface area contributed by atoms with Gasteiger partial charge in [0.25, 0.3) is 0 Å². The van der Waals surface area contributed by atoms with E-state index in [1.165, 1.54) is 28.7 Å². The summed E-state index contributed by atoms with van der Waals surface area (Å²) in [4.78, 5) is 12.2. The topological polar surface area (TPSA) is 64.1 Å². The van der Waals surface area contributed by atoms with Gasteiger partial charge in [-0.15, -0.1) is 10.2 Å². The van der Waals surface area contributed by atoms with Crippen LogP contribution in [0, 0.1) is 0 Å². The zero-order valence-electron chi connectivity index (χ0n) is 13.9. The Morgan fingerprint density at radius 2 is 2.00 bits per heavy atom. The summed E-state index contributed by atoms with van der Waals surface area (Å²) in [5, 5.41) is 11.0. The van der Waals surface area contributed by atoms with Gasteiger partial charge in [0.2, 0.25) is 5.91 Å². The van der Waals surface area contributed by atoms with Crippen molar-refractivity contribution < 1.29 is 9.53 Å². The fourth-order valence-corrected chi connectivity index (χ4v) is 4.98. The minimum Gasteiger partial charge on any atom is -0.497 e. The van der Waals surface area contributed by atoms with E-state index in [1.807, 2.05) is 31.2 Å². The third-order valence-corrected chi connectivity index (χ3v) is 6.30. The zero-order valence-corrected chi connectivity index (χ0v) is 16.4. The predicted octanol–water partition coefficient (Wildman–Crippen LogP) is 3.50. The highest BCUT2D eigenvalue weighted by Gasteiger charge is 2.16. The molecule has 1 aromatic carbocycles. The lowest BCUT2D eigenvalue weighted by Gasteiger charge is -2.10. The molecule has 0 aliphatic heterocycles. The van der Waals surface area contributed by atoms with E-state index in [0.717, 1.165) is 26.6 Å². The number of nitrogens with one attached hydrogen (secondary N) is 1. The molecule has 0 saturated carbocycles. The lowest BCUT2D eigenvalue weighted by Crippen LogP contribution is -2.32. The molecule has 0 spiro atoms. The summed E-state index contributed by atoms with van der Waals surface area (Å²) in [6.45, 7) is 4.59. The van der Waals surface area contributed by atoms with Gasteiger partial charge < -0.3 is 10.1 Å². The van der Waals surface area contributed by atoms with Crippen LogP contribution in [0.15, 0.2) is 32.9 Å². The van der Waals surface area contributed by atoms with Crippen LogP contribution < -0.4 is 10.1 Å². The second kappa shape index (κ2) is 9.90. The summed E-state index contributed by atoms with van der Waals surface area (Å²) in [7, 11) is 1.65. The Balaban J connectivity index is 1.74. The van der Waals surface area contributed by atoms with Crippen LogP contribution in [0.2, 0.25) is 0 Å². The molecule has 1 N–H and O–H groups in total. The SMILES string of the molecule is CCSc1nnc(S[C@@H](C)C(=O)NCCc2ccc(OC)cc2)s1. The molecule has 130 valence electrons. The van der Waals surface area contributed by atoms with Gasteiger partial charge in [-0.1, -0.05) is 53.9 Å². The van der Waals surface area contributed by atoms with Crippen LogP contribution in [0.5, 0.6) is 5.75 Å². The Labute approximate surface area is 155 Å². The minimum absolute atomic E-state index is 0.0217. The van der Waals surface area contributed by atoms with Gasteiger partial charge in [0.15, 0.2) is 8.68 Å². The van der Waals surface area contributed by atoms with Crippen LogP contribution in [-0.4, -0.2) is 40.8 Å². The molecule has 2 rings (SSSR count). The van der Waals surface area contributed by atoms with Gasteiger partial charge >= 0.3 is 0 Å². The number of carbonyl (C=O) groups is 1. The molecule has 1 aromatic heterocycles. The number of methoxy groups -OCH3 is 1. The first-order valence-corrected chi connectivity index (χ1v) is 10.3. The first-order chi connectivity index (χ1) is 11.6. The molecule has 0 saturated heterocycles. The van der Waals surface area contributed by atoms with E-state index in [0.29, 0.717) is 6.54 Å². The van der Waals surface area contributed by atoms with Crippen molar-refractivity contribution in [1.29, 1.82) is 0 Å². The quantitative estimate of drug-likeness (QED) is 0.669.